The highest BCUT2D eigenvalue weighted by atomic mass is 19.1. The van der Waals surface area contributed by atoms with Gasteiger partial charge in [0.05, 0.1) is 0 Å². The summed E-state index contributed by atoms with van der Waals surface area (Å²) in [4.78, 5) is 15.4. The van der Waals surface area contributed by atoms with E-state index in [2.05, 4.69) is 44.8 Å². The van der Waals surface area contributed by atoms with Gasteiger partial charge in [-0.3, -0.25) is 9.69 Å². The van der Waals surface area contributed by atoms with Crippen molar-refractivity contribution in [2.75, 3.05) is 13.1 Å². The normalized spacial score (nSPS) is 22.1. The zero-order valence-electron chi connectivity index (χ0n) is 15.7. The van der Waals surface area contributed by atoms with Crippen molar-refractivity contribution in [3.05, 3.63) is 35.6 Å². The van der Waals surface area contributed by atoms with Gasteiger partial charge in [0.15, 0.2) is 0 Å². The van der Waals surface area contributed by atoms with Crippen molar-refractivity contribution in [3.63, 3.8) is 0 Å². The molecule has 1 aliphatic rings. The minimum atomic E-state index is -0.518. The topological polar surface area (TPSA) is 32.3 Å². The Balaban J connectivity index is 2.27. The highest BCUT2D eigenvalue weighted by Gasteiger charge is 2.54. The van der Waals surface area contributed by atoms with Gasteiger partial charge in [-0.15, -0.1) is 0 Å². The van der Waals surface area contributed by atoms with E-state index in [1.165, 1.54) is 12.1 Å². The van der Waals surface area contributed by atoms with Crippen LogP contribution in [0.2, 0.25) is 0 Å². The molecule has 1 aromatic rings. The third kappa shape index (κ3) is 3.80. The van der Waals surface area contributed by atoms with Crippen molar-refractivity contribution >= 4 is 5.91 Å². The molecule has 2 rings (SSSR count). The lowest BCUT2D eigenvalue weighted by Gasteiger charge is -2.47. The maximum absolute atomic E-state index is 13.2. The van der Waals surface area contributed by atoms with Gasteiger partial charge in [-0.1, -0.05) is 46.8 Å². The SMILES string of the molecule is CC(C)CNC(=O)[C@]1(C(C)(C)C)CCCN1Cc1ccc(F)cc1. The molecule has 0 saturated carbocycles. The molecule has 1 aromatic carbocycles. The summed E-state index contributed by atoms with van der Waals surface area (Å²) in [6.07, 6.45) is 1.87. The van der Waals surface area contributed by atoms with Crippen LogP contribution < -0.4 is 5.32 Å². The Hall–Kier alpha value is -1.42. The summed E-state index contributed by atoms with van der Waals surface area (Å²) < 4.78 is 13.2. The van der Waals surface area contributed by atoms with E-state index < -0.39 is 5.54 Å². The van der Waals surface area contributed by atoms with Crippen LogP contribution in [0.5, 0.6) is 0 Å². The number of hydrogen-bond acceptors (Lipinski definition) is 2. The predicted molar refractivity (Wildman–Crippen MR) is 96.1 cm³/mol. The summed E-state index contributed by atoms with van der Waals surface area (Å²) in [6, 6.07) is 6.60. The molecule has 0 aliphatic carbocycles. The van der Waals surface area contributed by atoms with Crippen LogP contribution >= 0.6 is 0 Å². The van der Waals surface area contributed by atoms with Gasteiger partial charge in [0.2, 0.25) is 5.91 Å². The highest BCUT2D eigenvalue weighted by Crippen LogP contribution is 2.44. The first-order valence-corrected chi connectivity index (χ1v) is 8.94. The fourth-order valence-corrected chi connectivity index (χ4v) is 3.79. The Bertz CT molecular complexity index is 562. The monoisotopic (exact) mass is 334 g/mol. The van der Waals surface area contributed by atoms with E-state index in [0.717, 1.165) is 24.9 Å². The summed E-state index contributed by atoms with van der Waals surface area (Å²) in [5.41, 5.74) is 0.351. The minimum absolute atomic E-state index is 0.128. The van der Waals surface area contributed by atoms with Gasteiger partial charge in [0, 0.05) is 13.1 Å². The number of hydrogen-bond donors (Lipinski definition) is 1. The van der Waals surface area contributed by atoms with Crippen molar-refractivity contribution in [1.29, 1.82) is 0 Å². The average Bonchev–Trinajstić information content (AvgIpc) is 2.91. The predicted octanol–water partition coefficient (Wildman–Crippen LogP) is 3.98. The number of halogens is 1. The lowest BCUT2D eigenvalue weighted by atomic mass is 9.70. The second-order valence-corrected chi connectivity index (χ2v) is 8.37. The minimum Gasteiger partial charge on any atom is -0.354 e. The molecule has 0 radical (unpaired) electrons. The van der Waals surface area contributed by atoms with E-state index in [4.69, 9.17) is 0 Å². The Morgan fingerprint density at radius 1 is 1.29 bits per heavy atom. The van der Waals surface area contributed by atoms with Crippen molar-refractivity contribution in [2.24, 2.45) is 11.3 Å². The second kappa shape index (κ2) is 7.22. The Kier molecular flexibility index (Phi) is 5.69. The maximum Gasteiger partial charge on any atom is 0.241 e. The van der Waals surface area contributed by atoms with E-state index in [1.807, 2.05) is 12.1 Å². The lowest BCUT2D eigenvalue weighted by molar-refractivity contribution is -0.139. The summed E-state index contributed by atoms with van der Waals surface area (Å²) in [7, 11) is 0. The Labute approximate surface area is 145 Å². The molecule has 0 spiro atoms. The molecular formula is C20H31FN2O. The first kappa shape index (κ1) is 18.9. The number of nitrogens with zero attached hydrogens (tertiary/aromatic N) is 1. The lowest BCUT2D eigenvalue weighted by Crippen LogP contribution is -2.62. The molecule has 4 heteroatoms. The summed E-state index contributed by atoms with van der Waals surface area (Å²) >= 11 is 0. The standard InChI is InChI=1S/C20H31FN2O/c1-15(2)13-22-18(24)20(19(3,4)5)11-6-12-23(20)14-16-7-9-17(21)10-8-16/h7-10,15H,6,11-14H2,1-5H3,(H,22,24)/t20-/m0/s1. The second-order valence-electron chi connectivity index (χ2n) is 8.37. The van der Waals surface area contributed by atoms with E-state index in [-0.39, 0.29) is 17.1 Å². The molecule has 1 amide bonds. The van der Waals surface area contributed by atoms with Crippen LogP contribution in [-0.2, 0) is 11.3 Å². The van der Waals surface area contributed by atoms with E-state index in [0.29, 0.717) is 19.0 Å². The molecule has 0 aromatic heterocycles. The van der Waals surface area contributed by atoms with Crippen LogP contribution in [-0.4, -0.2) is 29.4 Å². The van der Waals surface area contributed by atoms with Crippen molar-refractivity contribution in [2.45, 2.75) is 59.5 Å². The fourth-order valence-electron chi connectivity index (χ4n) is 3.79. The van der Waals surface area contributed by atoms with Crippen LogP contribution in [0.1, 0.15) is 53.0 Å². The number of amides is 1. The van der Waals surface area contributed by atoms with Crippen molar-refractivity contribution < 1.29 is 9.18 Å². The largest absolute Gasteiger partial charge is 0.354 e. The molecule has 1 aliphatic heterocycles. The third-order valence-corrected chi connectivity index (χ3v) is 5.08. The molecule has 1 N–H and O–H groups in total. The summed E-state index contributed by atoms with van der Waals surface area (Å²) in [5, 5.41) is 3.16. The number of rotatable bonds is 5. The molecule has 1 saturated heterocycles. The van der Waals surface area contributed by atoms with Crippen LogP contribution in [0.25, 0.3) is 0 Å². The molecule has 0 bridgehead atoms. The quantitative estimate of drug-likeness (QED) is 0.883. The van der Waals surface area contributed by atoms with Gasteiger partial charge in [-0.2, -0.15) is 0 Å². The van der Waals surface area contributed by atoms with Gasteiger partial charge in [-0.25, -0.2) is 4.39 Å². The molecule has 134 valence electrons. The fraction of sp³-hybridized carbons (Fsp3) is 0.650. The molecule has 1 atom stereocenters. The Morgan fingerprint density at radius 2 is 1.92 bits per heavy atom. The zero-order valence-corrected chi connectivity index (χ0v) is 15.7. The van der Waals surface area contributed by atoms with Crippen LogP contribution in [0.15, 0.2) is 24.3 Å². The highest BCUT2D eigenvalue weighted by molar-refractivity contribution is 5.87. The van der Waals surface area contributed by atoms with Crippen molar-refractivity contribution in [1.82, 2.24) is 10.2 Å². The van der Waals surface area contributed by atoms with Gasteiger partial charge >= 0.3 is 0 Å². The summed E-state index contributed by atoms with van der Waals surface area (Å²) in [5.74, 6) is 0.332. The Morgan fingerprint density at radius 3 is 2.46 bits per heavy atom. The van der Waals surface area contributed by atoms with Gasteiger partial charge in [0.25, 0.3) is 0 Å². The number of benzene rings is 1. The molecule has 0 unspecified atom stereocenters. The molecular weight excluding hydrogens is 303 g/mol. The number of carbonyl (C=O) groups is 1. The van der Waals surface area contributed by atoms with Gasteiger partial charge in [-0.05, 0) is 48.4 Å². The summed E-state index contributed by atoms with van der Waals surface area (Å²) in [6.45, 7) is 12.9. The van der Waals surface area contributed by atoms with Crippen LogP contribution in [0.3, 0.4) is 0 Å². The van der Waals surface area contributed by atoms with Gasteiger partial charge in [0.1, 0.15) is 11.4 Å². The van der Waals surface area contributed by atoms with Crippen LogP contribution in [0, 0.1) is 17.2 Å². The van der Waals surface area contributed by atoms with E-state index >= 15 is 0 Å². The van der Waals surface area contributed by atoms with Gasteiger partial charge < -0.3 is 5.32 Å². The van der Waals surface area contributed by atoms with E-state index in [1.54, 1.807) is 0 Å². The molecule has 1 fully saturated rings. The zero-order chi connectivity index (χ0) is 18.0. The first-order chi connectivity index (χ1) is 11.2. The first-order valence-electron chi connectivity index (χ1n) is 8.94. The number of nitrogens with one attached hydrogen (secondary N) is 1. The molecule has 1 heterocycles. The smallest absolute Gasteiger partial charge is 0.241 e. The maximum atomic E-state index is 13.2. The molecule has 24 heavy (non-hydrogen) atoms. The molecule has 3 nitrogen and oxygen atoms in total. The number of carbonyl (C=O) groups excluding carboxylic acids is 1. The average molecular weight is 334 g/mol. The van der Waals surface area contributed by atoms with Crippen LogP contribution in [0.4, 0.5) is 4.39 Å². The number of likely N-dealkylation sites (tertiary alicyclic amines) is 1. The van der Waals surface area contributed by atoms with Crippen molar-refractivity contribution in [3.8, 4) is 0 Å². The van der Waals surface area contributed by atoms with E-state index in [9.17, 15) is 9.18 Å². The third-order valence-electron chi connectivity index (χ3n) is 5.08.